The number of rotatable bonds is 5. The van der Waals surface area contributed by atoms with E-state index in [1.165, 1.54) is 5.52 Å². The predicted molar refractivity (Wildman–Crippen MR) is 84.3 cm³/mol. The molecule has 4 nitrogen and oxygen atoms in total. The maximum absolute atomic E-state index is 12.0. The van der Waals surface area contributed by atoms with Gasteiger partial charge in [-0.2, -0.15) is 0 Å². The van der Waals surface area contributed by atoms with Crippen LogP contribution in [0.25, 0.3) is 11.0 Å². The third-order valence-corrected chi connectivity index (χ3v) is 4.38. The molecule has 1 unspecified atom stereocenters. The third-order valence-electron chi connectivity index (χ3n) is 4.38. The lowest BCUT2D eigenvalue weighted by Gasteiger charge is -2.15. The van der Waals surface area contributed by atoms with E-state index in [2.05, 4.69) is 29.7 Å². The van der Waals surface area contributed by atoms with Crippen LogP contribution in [0, 0.1) is 0 Å². The van der Waals surface area contributed by atoms with Crippen LogP contribution in [0.2, 0.25) is 0 Å². The first-order valence-electron chi connectivity index (χ1n) is 7.97. The molecule has 112 valence electrons. The Bertz CT molecular complexity index is 647. The zero-order valence-electron chi connectivity index (χ0n) is 12.9. The van der Waals surface area contributed by atoms with E-state index in [4.69, 9.17) is 4.98 Å². The van der Waals surface area contributed by atoms with Gasteiger partial charge in [-0.15, -0.1) is 0 Å². The second kappa shape index (κ2) is 5.88. The van der Waals surface area contributed by atoms with Crippen LogP contribution in [-0.4, -0.2) is 33.4 Å². The molecule has 0 saturated carbocycles. The first-order chi connectivity index (χ1) is 10.2. The number of carbonyl (C=O) groups excluding carboxylic acids is 1. The highest BCUT2D eigenvalue weighted by Gasteiger charge is 2.32. The van der Waals surface area contributed by atoms with Gasteiger partial charge in [0.1, 0.15) is 5.82 Å². The number of unbranched alkanes of at least 4 members (excludes halogenated alkanes) is 1. The number of nitrogens with zero attached hydrogens (tertiary/aromatic N) is 3. The molecule has 4 heteroatoms. The minimum atomic E-state index is 0.238. The Morgan fingerprint density at radius 2 is 2.10 bits per heavy atom. The molecule has 1 aromatic carbocycles. The van der Waals surface area contributed by atoms with E-state index in [-0.39, 0.29) is 11.8 Å². The minimum absolute atomic E-state index is 0.238. The number of amides is 1. The Morgan fingerprint density at radius 3 is 2.81 bits per heavy atom. The molecule has 0 N–H and O–H groups in total. The molecule has 0 spiro atoms. The normalized spacial score (nSPS) is 18.9. The molecule has 1 atom stereocenters. The number of aromatic nitrogens is 2. The standard InChI is InChI=1S/C17H23N3O/c1-3-5-10-20-15-9-7-6-8-14(15)18-17(20)13-11-16(21)19(4-2)12-13/h6-9,13H,3-5,10-12H2,1-2H3. The summed E-state index contributed by atoms with van der Waals surface area (Å²) >= 11 is 0. The summed E-state index contributed by atoms with van der Waals surface area (Å²) in [6, 6.07) is 8.29. The van der Waals surface area contributed by atoms with Crippen molar-refractivity contribution >= 4 is 16.9 Å². The predicted octanol–water partition coefficient (Wildman–Crippen LogP) is 3.17. The van der Waals surface area contributed by atoms with Gasteiger partial charge in [0.15, 0.2) is 0 Å². The summed E-state index contributed by atoms with van der Waals surface area (Å²) in [6.45, 7) is 6.84. The first kappa shape index (κ1) is 14.1. The van der Waals surface area contributed by atoms with Gasteiger partial charge < -0.3 is 9.47 Å². The van der Waals surface area contributed by atoms with Crippen molar-refractivity contribution in [1.29, 1.82) is 0 Å². The van der Waals surface area contributed by atoms with Crippen molar-refractivity contribution in [2.24, 2.45) is 0 Å². The second-order valence-corrected chi connectivity index (χ2v) is 5.80. The maximum atomic E-state index is 12.0. The quantitative estimate of drug-likeness (QED) is 0.846. The van der Waals surface area contributed by atoms with Gasteiger partial charge in [0.05, 0.1) is 11.0 Å². The molecule has 1 aliphatic rings. The summed E-state index contributed by atoms with van der Waals surface area (Å²) in [4.78, 5) is 18.8. The van der Waals surface area contributed by atoms with Gasteiger partial charge in [-0.05, 0) is 25.5 Å². The Labute approximate surface area is 125 Å². The molecular formula is C17H23N3O. The number of hydrogen-bond acceptors (Lipinski definition) is 2. The summed E-state index contributed by atoms with van der Waals surface area (Å²) in [5, 5.41) is 0. The fraction of sp³-hybridized carbons (Fsp3) is 0.529. The van der Waals surface area contributed by atoms with E-state index in [0.717, 1.165) is 43.8 Å². The van der Waals surface area contributed by atoms with Crippen LogP contribution < -0.4 is 0 Å². The van der Waals surface area contributed by atoms with Gasteiger partial charge in [0.2, 0.25) is 5.91 Å². The van der Waals surface area contributed by atoms with Crippen molar-refractivity contribution in [2.75, 3.05) is 13.1 Å². The molecule has 0 aliphatic carbocycles. The van der Waals surface area contributed by atoms with Gasteiger partial charge in [-0.1, -0.05) is 25.5 Å². The number of likely N-dealkylation sites (N-methyl/N-ethyl adjacent to an activating group) is 1. The van der Waals surface area contributed by atoms with Crippen LogP contribution in [0.5, 0.6) is 0 Å². The molecular weight excluding hydrogens is 262 g/mol. The second-order valence-electron chi connectivity index (χ2n) is 5.80. The van der Waals surface area contributed by atoms with Crippen molar-refractivity contribution in [3.8, 4) is 0 Å². The lowest BCUT2D eigenvalue weighted by molar-refractivity contribution is -0.127. The molecule has 1 aromatic heterocycles. The number of hydrogen-bond donors (Lipinski definition) is 0. The van der Waals surface area contributed by atoms with Crippen LogP contribution >= 0.6 is 0 Å². The molecule has 1 fully saturated rings. The summed E-state index contributed by atoms with van der Waals surface area (Å²) in [6.07, 6.45) is 2.91. The van der Waals surface area contributed by atoms with E-state index in [1.807, 2.05) is 17.9 Å². The van der Waals surface area contributed by atoms with Gasteiger partial charge >= 0.3 is 0 Å². The number of benzene rings is 1. The molecule has 0 radical (unpaired) electrons. The zero-order chi connectivity index (χ0) is 14.8. The minimum Gasteiger partial charge on any atom is -0.342 e. The van der Waals surface area contributed by atoms with Crippen LogP contribution in [0.4, 0.5) is 0 Å². The number of aryl methyl sites for hydroxylation is 1. The monoisotopic (exact) mass is 285 g/mol. The molecule has 2 aromatic rings. The smallest absolute Gasteiger partial charge is 0.223 e. The number of imidazole rings is 1. The summed E-state index contributed by atoms with van der Waals surface area (Å²) in [7, 11) is 0. The molecule has 3 rings (SSSR count). The molecule has 1 aliphatic heterocycles. The lowest BCUT2D eigenvalue weighted by atomic mass is 10.1. The topological polar surface area (TPSA) is 38.1 Å². The van der Waals surface area contributed by atoms with E-state index >= 15 is 0 Å². The number of carbonyl (C=O) groups is 1. The highest BCUT2D eigenvalue weighted by molar-refractivity contribution is 5.80. The van der Waals surface area contributed by atoms with Crippen LogP contribution in [0.3, 0.4) is 0 Å². The summed E-state index contributed by atoms with van der Waals surface area (Å²) < 4.78 is 2.33. The number of para-hydroxylation sites is 2. The van der Waals surface area contributed by atoms with Crippen molar-refractivity contribution in [1.82, 2.24) is 14.5 Å². The first-order valence-corrected chi connectivity index (χ1v) is 7.97. The third kappa shape index (κ3) is 2.55. The fourth-order valence-corrected chi connectivity index (χ4v) is 3.21. The molecule has 2 heterocycles. The largest absolute Gasteiger partial charge is 0.342 e. The lowest BCUT2D eigenvalue weighted by Crippen LogP contribution is -2.24. The van der Waals surface area contributed by atoms with Crippen LogP contribution in [-0.2, 0) is 11.3 Å². The van der Waals surface area contributed by atoms with E-state index < -0.39 is 0 Å². The SMILES string of the molecule is CCCCn1c(C2CC(=O)N(CC)C2)nc2ccccc21. The van der Waals surface area contributed by atoms with E-state index in [1.54, 1.807) is 0 Å². The van der Waals surface area contributed by atoms with Crippen LogP contribution in [0.15, 0.2) is 24.3 Å². The van der Waals surface area contributed by atoms with Gasteiger partial charge in [0.25, 0.3) is 0 Å². The zero-order valence-corrected chi connectivity index (χ0v) is 12.9. The van der Waals surface area contributed by atoms with Crippen molar-refractivity contribution in [2.45, 2.75) is 45.6 Å². The Kier molecular flexibility index (Phi) is 3.95. The molecule has 0 bridgehead atoms. The van der Waals surface area contributed by atoms with Crippen molar-refractivity contribution in [3.05, 3.63) is 30.1 Å². The molecule has 1 amide bonds. The Hall–Kier alpha value is -1.84. The fourth-order valence-electron chi connectivity index (χ4n) is 3.21. The number of fused-ring (bicyclic) bond motifs is 1. The Balaban J connectivity index is 1.99. The van der Waals surface area contributed by atoms with E-state index in [9.17, 15) is 4.79 Å². The van der Waals surface area contributed by atoms with Crippen molar-refractivity contribution in [3.63, 3.8) is 0 Å². The Morgan fingerprint density at radius 1 is 1.29 bits per heavy atom. The van der Waals surface area contributed by atoms with Gasteiger partial charge in [0, 0.05) is 32.0 Å². The highest BCUT2D eigenvalue weighted by Crippen LogP contribution is 2.30. The molecule has 1 saturated heterocycles. The number of likely N-dealkylation sites (tertiary alicyclic amines) is 1. The summed E-state index contributed by atoms with van der Waals surface area (Å²) in [5.41, 5.74) is 2.24. The molecule has 21 heavy (non-hydrogen) atoms. The summed E-state index contributed by atoms with van der Waals surface area (Å²) in [5.74, 6) is 1.59. The van der Waals surface area contributed by atoms with Gasteiger partial charge in [-0.3, -0.25) is 4.79 Å². The maximum Gasteiger partial charge on any atom is 0.223 e. The van der Waals surface area contributed by atoms with Crippen LogP contribution in [0.1, 0.15) is 44.9 Å². The van der Waals surface area contributed by atoms with Gasteiger partial charge in [-0.25, -0.2) is 4.98 Å². The average Bonchev–Trinajstić information content (AvgIpc) is 3.05. The highest BCUT2D eigenvalue weighted by atomic mass is 16.2. The average molecular weight is 285 g/mol. The van der Waals surface area contributed by atoms with Crippen molar-refractivity contribution < 1.29 is 4.79 Å². The van der Waals surface area contributed by atoms with E-state index in [0.29, 0.717) is 6.42 Å².